The van der Waals surface area contributed by atoms with Crippen LogP contribution in [0.3, 0.4) is 0 Å². The van der Waals surface area contributed by atoms with Crippen LogP contribution in [0.4, 0.5) is 0 Å². The highest BCUT2D eigenvalue weighted by Gasteiger charge is 2.11. The molecule has 0 amide bonds. The Morgan fingerprint density at radius 2 is 2.21 bits per heavy atom. The number of hydrogen-bond acceptors (Lipinski definition) is 5. The van der Waals surface area contributed by atoms with E-state index < -0.39 is 10.0 Å². The molecule has 8 heteroatoms. The summed E-state index contributed by atoms with van der Waals surface area (Å²) in [4.78, 5) is 0. The molecule has 0 saturated heterocycles. The Morgan fingerprint density at radius 1 is 1.50 bits per heavy atom. The van der Waals surface area contributed by atoms with Crippen LogP contribution in [0.2, 0.25) is 0 Å². The zero-order valence-corrected chi connectivity index (χ0v) is 8.90. The Bertz CT molecular complexity index is 358. The summed E-state index contributed by atoms with van der Waals surface area (Å²) < 4.78 is 26.5. The van der Waals surface area contributed by atoms with E-state index in [1.54, 1.807) is 13.8 Å². The third-order valence-corrected chi connectivity index (χ3v) is 2.95. The van der Waals surface area contributed by atoms with Crippen LogP contribution in [0.25, 0.3) is 0 Å². The molecule has 1 heterocycles. The number of hydrogen-bond donors (Lipinski definition) is 1. The molecule has 7 nitrogen and oxygen atoms in total. The van der Waals surface area contributed by atoms with E-state index in [9.17, 15) is 8.42 Å². The lowest BCUT2D eigenvalue weighted by Gasteiger charge is -2.08. The van der Waals surface area contributed by atoms with Gasteiger partial charge in [0.25, 0.3) is 0 Å². The summed E-state index contributed by atoms with van der Waals surface area (Å²) in [5, 5.41) is 10.4. The summed E-state index contributed by atoms with van der Waals surface area (Å²) in [7, 11) is -3.22. The van der Waals surface area contributed by atoms with Gasteiger partial charge in [-0.25, -0.2) is 17.8 Å². The molecule has 1 N–H and O–H groups in total. The van der Waals surface area contributed by atoms with Gasteiger partial charge in [0.1, 0.15) is 6.33 Å². The SMILES string of the molecule is CC(C)NS(=O)(=O)CCn1cnnn1. The van der Waals surface area contributed by atoms with Gasteiger partial charge >= 0.3 is 0 Å². The van der Waals surface area contributed by atoms with Crippen LogP contribution < -0.4 is 4.72 Å². The number of nitrogens with zero attached hydrogens (tertiary/aromatic N) is 4. The molecule has 0 aromatic carbocycles. The quantitative estimate of drug-likeness (QED) is 0.686. The molecule has 1 rings (SSSR count). The van der Waals surface area contributed by atoms with Crippen LogP contribution >= 0.6 is 0 Å². The van der Waals surface area contributed by atoms with Crippen LogP contribution in [0.1, 0.15) is 13.8 Å². The van der Waals surface area contributed by atoms with Crippen LogP contribution in [0.5, 0.6) is 0 Å². The molecule has 0 saturated carbocycles. The van der Waals surface area contributed by atoms with Gasteiger partial charge in [-0.1, -0.05) is 0 Å². The molecule has 0 spiro atoms. The molecule has 80 valence electrons. The summed E-state index contributed by atoms with van der Waals surface area (Å²) >= 11 is 0. The van der Waals surface area contributed by atoms with Gasteiger partial charge in [-0.15, -0.1) is 5.10 Å². The van der Waals surface area contributed by atoms with Gasteiger partial charge in [0.15, 0.2) is 0 Å². The Hall–Kier alpha value is -1.02. The van der Waals surface area contributed by atoms with Gasteiger partial charge in [-0.05, 0) is 24.3 Å². The fourth-order valence-corrected chi connectivity index (χ4v) is 2.18. The maximum Gasteiger partial charge on any atom is 0.213 e. The first-order valence-corrected chi connectivity index (χ1v) is 5.85. The van der Waals surface area contributed by atoms with Gasteiger partial charge in [0, 0.05) is 6.04 Å². The van der Waals surface area contributed by atoms with Crippen LogP contribution in [-0.4, -0.2) is 40.4 Å². The predicted molar refractivity (Wildman–Crippen MR) is 49.9 cm³/mol. The van der Waals surface area contributed by atoms with Crippen LogP contribution in [0, 0.1) is 0 Å². The van der Waals surface area contributed by atoms with E-state index in [1.807, 2.05) is 0 Å². The van der Waals surface area contributed by atoms with Crippen molar-refractivity contribution in [3.05, 3.63) is 6.33 Å². The zero-order valence-electron chi connectivity index (χ0n) is 8.08. The Kier molecular flexibility index (Phi) is 3.53. The van der Waals surface area contributed by atoms with Crippen molar-refractivity contribution in [2.24, 2.45) is 0 Å². The lowest BCUT2D eigenvalue weighted by atomic mass is 10.4. The van der Waals surface area contributed by atoms with Gasteiger partial charge < -0.3 is 0 Å². The van der Waals surface area contributed by atoms with E-state index in [1.165, 1.54) is 11.0 Å². The van der Waals surface area contributed by atoms with E-state index in [0.717, 1.165) is 0 Å². The van der Waals surface area contributed by atoms with Gasteiger partial charge in [-0.2, -0.15) is 0 Å². The van der Waals surface area contributed by atoms with Crippen molar-refractivity contribution in [1.82, 2.24) is 24.9 Å². The molecule has 0 radical (unpaired) electrons. The molecule has 0 aliphatic heterocycles. The third kappa shape index (κ3) is 3.79. The van der Waals surface area contributed by atoms with Gasteiger partial charge in [0.2, 0.25) is 10.0 Å². The van der Waals surface area contributed by atoms with Crippen LogP contribution in [0.15, 0.2) is 6.33 Å². The lowest BCUT2D eigenvalue weighted by molar-refractivity contribution is 0.553. The number of aryl methyl sites for hydroxylation is 1. The minimum Gasteiger partial charge on any atom is -0.231 e. The maximum absolute atomic E-state index is 11.3. The first-order valence-electron chi connectivity index (χ1n) is 4.20. The Morgan fingerprint density at radius 3 is 2.71 bits per heavy atom. The molecule has 0 aliphatic rings. The second-order valence-corrected chi connectivity index (χ2v) is 5.04. The number of aromatic nitrogens is 4. The van der Waals surface area contributed by atoms with E-state index >= 15 is 0 Å². The summed E-state index contributed by atoms with van der Waals surface area (Å²) in [6, 6.07) is -0.0890. The third-order valence-electron chi connectivity index (χ3n) is 1.40. The monoisotopic (exact) mass is 219 g/mol. The smallest absolute Gasteiger partial charge is 0.213 e. The van der Waals surface area contributed by atoms with E-state index in [0.29, 0.717) is 0 Å². The fraction of sp³-hybridized carbons (Fsp3) is 0.833. The highest BCUT2D eigenvalue weighted by molar-refractivity contribution is 7.89. The second kappa shape index (κ2) is 4.47. The molecule has 0 bridgehead atoms. The van der Waals surface area contributed by atoms with Crippen molar-refractivity contribution in [1.29, 1.82) is 0 Å². The number of nitrogens with one attached hydrogen (secondary N) is 1. The molecular weight excluding hydrogens is 206 g/mol. The average Bonchev–Trinajstić information content (AvgIpc) is 2.50. The van der Waals surface area contributed by atoms with Crippen molar-refractivity contribution in [3.63, 3.8) is 0 Å². The van der Waals surface area contributed by atoms with Gasteiger partial charge in [0.05, 0.1) is 12.3 Å². The van der Waals surface area contributed by atoms with Crippen molar-refractivity contribution in [2.45, 2.75) is 26.4 Å². The maximum atomic E-state index is 11.3. The first-order chi connectivity index (χ1) is 6.49. The van der Waals surface area contributed by atoms with E-state index in [2.05, 4.69) is 20.2 Å². The number of tetrazole rings is 1. The van der Waals surface area contributed by atoms with E-state index in [-0.39, 0.29) is 18.3 Å². The number of sulfonamides is 1. The lowest BCUT2D eigenvalue weighted by Crippen LogP contribution is -2.33. The van der Waals surface area contributed by atoms with Crippen molar-refractivity contribution in [2.75, 3.05) is 5.75 Å². The molecular formula is C6H13N5O2S. The molecule has 1 aromatic rings. The Balaban J connectivity index is 2.45. The predicted octanol–water partition coefficient (Wildman–Crippen LogP) is -0.999. The Labute approximate surface area is 82.6 Å². The molecule has 0 fully saturated rings. The van der Waals surface area contributed by atoms with Crippen molar-refractivity contribution in [3.8, 4) is 0 Å². The average molecular weight is 219 g/mol. The zero-order chi connectivity index (χ0) is 10.6. The standard InChI is InChI=1S/C6H13N5O2S/c1-6(2)8-14(12,13)4-3-11-5-7-9-10-11/h5-6,8H,3-4H2,1-2H3. The number of rotatable bonds is 5. The minimum atomic E-state index is -3.22. The summed E-state index contributed by atoms with van der Waals surface area (Å²) in [5.74, 6) is -0.0176. The second-order valence-electron chi connectivity index (χ2n) is 3.16. The highest BCUT2D eigenvalue weighted by Crippen LogP contribution is 1.90. The van der Waals surface area contributed by atoms with Gasteiger partial charge in [-0.3, -0.25) is 0 Å². The molecule has 0 unspecified atom stereocenters. The molecule has 14 heavy (non-hydrogen) atoms. The van der Waals surface area contributed by atoms with E-state index in [4.69, 9.17) is 0 Å². The summed E-state index contributed by atoms with van der Waals surface area (Å²) in [6.45, 7) is 3.80. The summed E-state index contributed by atoms with van der Waals surface area (Å²) in [6.07, 6.45) is 1.38. The molecule has 0 aliphatic carbocycles. The van der Waals surface area contributed by atoms with Crippen molar-refractivity contribution >= 4 is 10.0 Å². The largest absolute Gasteiger partial charge is 0.231 e. The molecule has 1 aromatic heterocycles. The summed E-state index contributed by atoms with van der Waals surface area (Å²) in [5.41, 5.74) is 0. The van der Waals surface area contributed by atoms with Crippen molar-refractivity contribution < 1.29 is 8.42 Å². The first kappa shape index (κ1) is 11.1. The fourth-order valence-electron chi connectivity index (χ4n) is 0.914. The normalized spacial score (nSPS) is 12.2. The minimum absolute atomic E-state index is 0.0176. The topological polar surface area (TPSA) is 89.8 Å². The van der Waals surface area contributed by atoms with Crippen LogP contribution in [-0.2, 0) is 16.6 Å². The highest BCUT2D eigenvalue weighted by atomic mass is 32.2. The molecule has 0 atom stereocenters.